The van der Waals surface area contributed by atoms with Crippen LogP contribution < -0.4 is 11.5 Å². The zero-order valence-electron chi connectivity index (χ0n) is 11.3. The third kappa shape index (κ3) is 2.46. The second-order valence-corrected chi connectivity index (χ2v) is 5.11. The van der Waals surface area contributed by atoms with Crippen LogP contribution in [0.2, 0.25) is 0 Å². The summed E-state index contributed by atoms with van der Waals surface area (Å²) in [6.45, 7) is 0.407. The van der Waals surface area contributed by atoms with Crippen LogP contribution >= 0.6 is 0 Å². The molecule has 4 N–H and O–H groups in total. The molecule has 0 bridgehead atoms. The monoisotopic (exact) mass is 280 g/mol. The first kappa shape index (κ1) is 13.9. The van der Waals surface area contributed by atoms with Gasteiger partial charge in [0.1, 0.15) is 12.2 Å². The molecule has 0 amide bonds. The zero-order valence-corrected chi connectivity index (χ0v) is 11.3. The van der Waals surface area contributed by atoms with E-state index < -0.39 is 18.6 Å². The number of benzene rings is 1. The summed E-state index contributed by atoms with van der Waals surface area (Å²) >= 11 is 0. The summed E-state index contributed by atoms with van der Waals surface area (Å²) in [4.78, 5) is 0. The third-order valence-electron chi connectivity index (χ3n) is 3.81. The number of hydrogen-bond donors (Lipinski definition) is 2. The zero-order chi connectivity index (χ0) is 14.1. The van der Waals surface area contributed by atoms with Gasteiger partial charge in [0, 0.05) is 12.7 Å². The second-order valence-electron chi connectivity index (χ2n) is 5.11. The molecule has 1 aromatic rings. The van der Waals surface area contributed by atoms with E-state index in [1.807, 2.05) is 30.3 Å². The number of nitrogens with two attached hydrogens (primary N) is 2. The summed E-state index contributed by atoms with van der Waals surface area (Å²) in [6.07, 6.45) is -1.50. The summed E-state index contributed by atoms with van der Waals surface area (Å²) in [7, 11) is 1.55. The Kier molecular flexibility index (Phi) is 4.02. The summed E-state index contributed by atoms with van der Waals surface area (Å²) < 4.78 is 22.6. The van der Waals surface area contributed by atoms with E-state index in [4.69, 9.17) is 30.4 Å². The number of rotatable bonds is 2. The SMILES string of the molecule is COC1OC2COC(c3ccccc3)OC2C(N)C1N. The van der Waals surface area contributed by atoms with Crippen molar-refractivity contribution in [3.8, 4) is 0 Å². The van der Waals surface area contributed by atoms with Crippen LogP contribution in [0.3, 0.4) is 0 Å². The summed E-state index contributed by atoms with van der Waals surface area (Å²) in [5.74, 6) is 0. The predicted octanol–water partition coefficient (Wildman–Crippen LogP) is 0.127. The van der Waals surface area contributed by atoms with Gasteiger partial charge >= 0.3 is 0 Å². The molecule has 2 aliphatic heterocycles. The molecule has 20 heavy (non-hydrogen) atoms. The van der Waals surface area contributed by atoms with Gasteiger partial charge in [-0.2, -0.15) is 0 Å². The van der Waals surface area contributed by atoms with Gasteiger partial charge in [0.25, 0.3) is 0 Å². The van der Waals surface area contributed by atoms with Gasteiger partial charge in [-0.05, 0) is 0 Å². The highest BCUT2D eigenvalue weighted by Crippen LogP contribution is 2.32. The molecular formula is C14H20N2O4. The Bertz CT molecular complexity index is 442. The lowest BCUT2D eigenvalue weighted by Gasteiger charge is -2.47. The van der Waals surface area contributed by atoms with Crippen LogP contribution in [0.25, 0.3) is 0 Å². The minimum absolute atomic E-state index is 0.255. The van der Waals surface area contributed by atoms with Gasteiger partial charge in [0.05, 0.1) is 18.7 Å². The van der Waals surface area contributed by atoms with Gasteiger partial charge < -0.3 is 30.4 Å². The summed E-state index contributed by atoms with van der Waals surface area (Å²) in [5.41, 5.74) is 13.2. The van der Waals surface area contributed by atoms with E-state index in [0.717, 1.165) is 5.56 Å². The van der Waals surface area contributed by atoms with Crippen LogP contribution in [0.5, 0.6) is 0 Å². The van der Waals surface area contributed by atoms with Crippen molar-refractivity contribution in [3.63, 3.8) is 0 Å². The van der Waals surface area contributed by atoms with Crippen molar-refractivity contribution in [2.75, 3.05) is 13.7 Å². The van der Waals surface area contributed by atoms with E-state index in [1.165, 1.54) is 0 Å². The quantitative estimate of drug-likeness (QED) is 0.800. The van der Waals surface area contributed by atoms with Crippen LogP contribution in [-0.4, -0.2) is 44.3 Å². The van der Waals surface area contributed by atoms with E-state index in [0.29, 0.717) is 6.61 Å². The molecule has 0 aliphatic carbocycles. The van der Waals surface area contributed by atoms with Crippen molar-refractivity contribution in [2.45, 2.75) is 36.9 Å². The molecule has 2 fully saturated rings. The fourth-order valence-electron chi connectivity index (χ4n) is 2.66. The van der Waals surface area contributed by atoms with Gasteiger partial charge in [0.2, 0.25) is 0 Å². The smallest absolute Gasteiger partial charge is 0.184 e. The highest BCUT2D eigenvalue weighted by molar-refractivity contribution is 5.16. The molecule has 3 rings (SSSR count). The molecule has 110 valence electrons. The van der Waals surface area contributed by atoms with Crippen molar-refractivity contribution in [3.05, 3.63) is 35.9 Å². The van der Waals surface area contributed by atoms with Gasteiger partial charge in [0.15, 0.2) is 12.6 Å². The Morgan fingerprint density at radius 2 is 1.85 bits per heavy atom. The molecule has 6 atom stereocenters. The number of ether oxygens (including phenoxy) is 4. The maximum Gasteiger partial charge on any atom is 0.184 e. The number of fused-ring (bicyclic) bond motifs is 1. The predicted molar refractivity (Wildman–Crippen MR) is 71.6 cm³/mol. The van der Waals surface area contributed by atoms with Gasteiger partial charge in [-0.15, -0.1) is 0 Å². The molecule has 6 unspecified atom stereocenters. The summed E-state index contributed by atoms with van der Waals surface area (Å²) in [6, 6.07) is 8.97. The van der Waals surface area contributed by atoms with E-state index in [9.17, 15) is 0 Å². The molecule has 6 nitrogen and oxygen atoms in total. The Labute approximate surface area is 117 Å². The van der Waals surface area contributed by atoms with Crippen LogP contribution in [0.1, 0.15) is 11.9 Å². The molecule has 2 heterocycles. The lowest BCUT2D eigenvalue weighted by atomic mass is 9.94. The first-order chi connectivity index (χ1) is 9.70. The maximum atomic E-state index is 6.17. The Morgan fingerprint density at radius 3 is 2.55 bits per heavy atom. The first-order valence-corrected chi connectivity index (χ1v) is 6.72. The lowest BCUT2D eigenvalue weighted by Crippen LogP contribution is -2.67. The van der Waals surface area contributed by atoms with E-state index in [1.54, 1.807) is 7.11 Å². The molecule has 6 heteroatoms. The largest absolute Gasteiger partial charge is 0.354 e. The third-order valence-corrected chi connectivity index (χ3v) is 3.81. The Hall–Kier alpha value is -1.02. The normalized spacial score (nSPS) is 41.1. The Morgan fingerprint density at radius 1 is 1.10 bits per heavy atom. The fourth-order valence-corrected chi connectivity index (χ4v) is 2.66. The van der Waals surface area contributed by atoms with E-state index in [2.05, 4.69) is 0 Å². The molecule has 0 spiro atoms. The maximum absolute atomic E-state index is 6.17. The van der Waals surface area contributed by atoms with Crippen molar-refractivity contribution < 1.29 is 18.9 Å². The van der Waals surface area contributed by atoms with E-state index in [-0.39, 0.29) is 18.2 Å². The number of methoxy groups -OCH3 is 1. The van der Waals surface area contributed by atoms with Crippen LogP contribution in [-0.2, 0) is 18.9 Å². The van der Waals surface area contributed by atoms with E-state index >= 15 is 0 Å². The van der Waals surface area contributed by atoms with Crippen molar-refractivity contribution in [2.24, 2.45) is 11.5 Å². The van der Waals surface area contributed by atoms with Gasteiger partial charge in [-0.1, -0.05) is 30.3 Å². The van der Waals surface area contributed by atoms with Crippen LogP contribution in [0.15, 0.2) is 30.3 Å². The average molecular weight is 280 g/mol. The Balaban J connectivity index is 1.74. The summed E-state index contributed by atoms with van der Waals surface area (Å²) in [5, 5.41) is 0. The highest BCUT2D eigenvalue weighted by Gasteiger charge is 2.47. The van der Waals surface area contributed by atoms with Crippen LogP contribution in [0, 0.1) is 0 Å². The molecular weight excluding hydrogens is 260 g/mol. The van der Waals surface area contributed by atoms with Gasteiger partial charge in [-0.3, -0.25) is 0 Å². The van der Waals surface area contributed by atoms with Crippen molar-refractivity contribution in [1.82, 2.24) is 0 Å². The highest BCUT2D eigenvalue weighted by atomic mass is 16.7. The molecule has 2 saturated heterocycles. The lowest BCUT2D eigenvalue weighted by molar-refractivity contribution is -0.321. The molecule has 1 aromatic carbocycles. The average Bonchev–Trinajstić information content (AvgIpc) is 2.51. The van der Waals surface area contributed by atoms with Crippen LogP contribution in [0.4, 0.5) is 0 Å². The van der Waals surface area contributed by atoms with Gasteiger partial charge in [-0.25, -0.2) is 0 Å². The van der Waals surface area contributed by atoms with Crippen molar-refractivity contribution >= 4 is 0 Å². The second kappa shape index (κ2) is 5.77. The molecule has 0 aromatic heterocycles. The minimum Gasteiger partial charge on any atom is -0.354 e. The number of hydrogen-bond acceptors (Lipinski definition) is 6. The molecule has 0 radical (unpaired) electrons. The first-order valence-electron chi connectivity index (χ1n) is 6.72. The topological polar surface area (TPSA) is 89.0 Å². The standard InChI is InChI=1S/C14H20N2O4/c1-17-14-11(16)10(15)12-9(19-14)7-18-13(20-12)8-5-3-2-4-6-8/h2-6,9-14H,7,15-16H2,1H3. The molecule has 2 aliphatic rings. The fraction of sp³-hybridized carbons (Fsp3) is 0.571. The minimum atomic E-state index is -0.522. The molecule has 0 saturated carbocycles. The van der Waals surface area contributed by atoms with Crippen molar-refractivity contribution in [1.29, 1.82) is 0 Å².